The van der Waals surface area contributed by atoms with Crippen LogP contribution in [0.5, 0.6) is 0 Å². The van der Waals surface area contributed by atoms with Gasteiger partial charge in [0.15, 0.2) is 0 Å². The molecule has 0 amide bonds. The van der Waals surface area contributed by atoms with E-state index in [2.05, 4.69) is 26.7 Å². The maximum absolute atomic E-state index is 5.49. The van der Waals surface area contributed by atoms with E-state index in [0.29, 0.717) is 25.9 Å². The van der Waals surface area contributed by atoms with Crippen LogP contribution in [0.4, 0.5) is 0 Å². The topological polar surface area (TPSA) is 27.7 Å². The summed E-state index contributed by atoms with van der Waals surface area (Å²) in [7, 11) is -2.38. The van der Waals surface area contributed by atoms with Crippen LogP contribution in [-0.4, -0.2) is 28.6 Å². The summed E-state index contributed by atoms with van der Waals surface area (Å²) in [6.45, 7) is 11.5. The van der Waals surface area contributed by atoms with E-state index in [0.717, 1.165) is 0 Å². The summed E-state index contributed by atoms with van der Waals surface area (Å²) < 4.78 is 16.5. The number of hydrogen-bond acceptors (Lipinski definition) is 3. The minimum absolute atomic E-state index is 0.600. The van der Waals surface area contributed by atoms with E-state index >= 15 is 0 Å². The fourth-order valence-electron chi connectivity index (χ4n) is 1.00. The Bertz CT molecular complexity index is 102. The molecular formula is C8H19IO3SiZn. The summed E-state index contributed by atoms with van der Waals surface area (Å²) in [5.41, 5.74) is 0. The van der Waals surface area contributed by atoms with Gasteiger partial charge in [-0.25, -0.2) is 0 Å². The second-order valence-corrected chi connectivity index (χ2v) is 4.96. The van der Waals surface area contributed by atoms with Crippen LogP contribution in [0.3, 0.4) is 0 Å². The molecule has 0 atom stereocenters. The van der Waals surface area contributed by atoms with E-state index < -0.39 is 8.80 Å². The molecule has 0 saturated carbocycles. The summed E-state index contributed by atoms with van der Waals surface area (Å²) >= 11 is 3.62. The Balaban J connectivity index is 0. The summed E-state index contributed by atoms with van der Waals surface area (Å²) in [6, 6.07) is 0.600. The summed E-state index contributed by atoms with van der Waals surface area (Å²) in [6.07, 6.45) is 0. The van der Waals surface area contributed by atoms with Gasteiger partial charge in [-0.15, -0.1) is 6.04 Å². The molecule has 0 aromatic rings. The fraction of sp³-hybridized carbons (Fsp3) is 0.875. The van der Waals surface area contributed by atoms with Crippen molar-refractivity contribution in [2.45, 2.75) is 26.8 Å². The number of rotatable bonds is 7. The molecule has 0 bridgehead atoms. The van der Waals surface area contributed by atoms with Crippen molar-refractivity contribution in [2.24, 2.45) is 0 Å². The Kier molecular flexibility index (Phi) is 15.9. The van der Waals surface area contributed by atoms with Crippen molar-refractivity contribution in [2.75, 3.05) is 19.8 Å². The Labute approximate surface area is 109 Å². The molecule has 82 valence electrons. The monoisotopic (exact) mass is 382 g/mol. The summed E-state index contributed by atoms with van der Waals surface area (Å²) in [5.74, 6) is 0. The van der Waals surface area contributed by atoms with Gasteiger partial charge in [-0.3, -0.25) is 0 Å². The van der Waals surface area contributed by atoms with Gasteiger partial charge in [-0.05, 0) is 20.8 Å². The van der Waals surface area contributed by atoms with Gasteiger partial charge in [-0.2, -0.15) is 0 Å². The molecule has 3 nitrogen and oxygen atoms in total. The van der Waals surface area contributed by atoms with Crippen molar-refractivity contribution in [3.63, 3.8) is 0 Å². The zero-order valence-corrected chi connectivity index (χ0v) is 15.5. The van der Waals surface area contributed by atoms with Gasteiger partial charge >= 0.3 is 43.3 Å². The first-order valence-corrected chi connectivity index (χ1v) is 15.7. The van der Waals surface area contributed by atoms with Gasteiger partial charge in [0.05, 0.1) is 0 Å². The molecule has 0 aromatic carbocycles. The molecule has 0 aliphatic rings. The van der Waals surface area contributed by atoms with Crippen molar-refractivity contribution in [1.82, 2.24) is 0 Å². The molecule has 0 radical (unpaired) electrons. The molecule has 0 fully saturated rings. The van der Waals surface area contributed by atoms with Crippen molar-refractivity contribution < 1.29 is 28.1 Å². The van der Waals surface area contributed by atoms with Crippen LogP contribution in [0.2, 0.25) is 6.04 Å². The van der Waals surface area contributed by atoms with E-state index in [4.69, 9.17) is 13.3 Å². The van der Waals surface area contributed by atoms with Gasteiger partial charge in [0.25, 0.3) is 0 Å². The van der Waals surface area contributed by atoms with E-state index in [1.165, 1.54) is 14.8 Å². The van der Waals surface area contributed by atoms with Crippen LogP contribution in [0, 0.1) is 6.92 Å². The van der Waals surface area contributed by atoms with E-state index in [1.54, 1.807) is 0 Å². The van der Waals surface area contributed by atoms with Gasteiger partial charge in [0.1, 0.15) is 0 Å². The second kappa shape index (κ2) is 12.5. The van der Waals surface area contributed by atoms with Crippen LogP contribution < -0.4 is 0 Å². The molecular weight excluding hydrogens is 364 g/mol. The SMILES string of the molecule is [CH2-]C[Si](OCC)(OCC)OCC.[Zn+][I]. The minimum atomic E-state index is -2.38. The van der Waals surface area contributed by atoms with Crippen molar-refractivity contribution in [3.05, 3.63) is 6.92 Å². The molecule has 0 aliphatic heterocycles. The van der Waals surface area contributed by atoms with E-state index in [9.17, 15) is 0 Å². The molecule has 0 spiro atoms. The van der Waals surface area contributed by atoms with Gasteiger partial charge in [0, 0.05) is 19.8 Å². The molecule has 0 saturated heterocycles. The predicted molar refractivity (Wildman–Crippen MR) is 64.8 cm³/mol. The first-order valence-electron chi connectivity index (χ1n) is 4.72. The molecule has 0 unspecified atom stereocenters. The second-order valence-electron chi connectivity index (χ2n) is 2.23. The Morgan fingerprint density at radius 3 is 1.43 bits per heavy atom. The summed E-state index contributed by atoms with van der Waals surface area (Å²) in [5, 5.41) is 0. The average Bonchev–Trinajstić information content (AvgIpc) is 2.22. The Morgan fingerprint density at radius 1 is 1.00 bits per heavy atom. The third-order valence-electron chi connectivity index (χ3n) is 1.40. The number of hydrogen-bond donors (Lipinski definition) is 0. The first-order chi connectivity index (χ1) is 6.74. The fourth-order valence-corrected chi connectivity index (χ4v) is 3.00. The molecule has 0 N–H and O–H groups in total. The van der Waals surface area contributed by atoms with E-state index in [1.807, 2.05) is 20.8 Å². The van der Waals surface area contributed by atoms with Crippen molar-refractivity contribution in [3.8, 4) is 0 Å². The maximum atomic E-state index is 5.49. The Morgan fingerprint density at radius 2 is 1.29 bits per heavy atom. The van der Waals surface area contributed by atoms with Crippen LogP contribution in [0.25, 0.3) is 0 Å². The zero-order valence-electron chi connectivity index (χ0n) is 9.35. The quantitative estimate of drug-likeness (QED) is 0.384. The average molecular weight is 384 g/mol. The van der Waals surface area contributed by atoms with Crippen molar-refractivity contribution >= 4 is 28.6 Å². The van der Waals surface area contributed by atoms with Crippen LogP contribution in [-0.2, 0) is 28.1 Å². The predicted octanol–water partition coefficient (Wildman–Crippen LogP) is 2.75. The third-order valence-corrected chi connectivity index (χ3v) is 4.20. The summed E-state index contributed by atoms with van der Waals surface area (Å²) in [4.78, 5) is 0. The molecule has 0 rings (SSSR count). The third kappa shape index (κ3) is 7.70. The molecule has 6 heteroatoms. The van der Waals surface area contributed by atoms with Gasteiger partial charge < -0.3 is 20.2 Å². The van der Waals surface area contributed by atoms with Crippen LogP contribution in [0.15, 0.2) is 0 Å². The normalized spacial score (nSPS) is 10.8. The first kappa shape index (κ1) is 17.8. The molecule has 14 heavy (non-hydrogen) atoms. The van der Waals surface area contributed by atoms with Gasteiger partial charge in [0.2, 0.25) is 0 Å². The molecule has 0 aliphatic carbocycles. The standard InChI is InChI=1S/C8H19O3Si.HI.Zn/c1-5-9-12(8-4,10-6-2)11-7-3;;/h4-8H2,1-3H3;1H;/q-1;;+2/p-1. The number of halogens is 1. The van der Waals surface area contributed by atoms with Crippen molar-refractivity contribution in [1.29, 1.82) is 0 Å². The van der Waals surface area contributed by atoms with Gasteiger partial charge in [-0.1, -0.05) is 0 Å². The van der Waals surface area contributed by atoms with E-state index in [-0.39, 0.29) is 0 Å². The molecule has 0 heterocycles. The Hall–Kier alpha value is 1.45. The van der Waals surface area contributed by atoms with Crippen LogP contribution >= 0.6 is 19.8 Å². The van der Waals surface area contributed by atoms with Crippen LogP contribution in [0.1, 0.15) is 20.8 Å². The molecule has 0 aromatic heterocycles. The zero-order chi connectivity index (χ0) is 11.4.